The average molecular weight is 291 g/mol. The lowest BCUT2D eigenvalue weighted by atomic mass is 10.2. The van der Waals surface area contributed by atoms with Crippen LogP contribution in [0.2, 0.25) is 5.02 Å². The standard InChI is InChI=1S/C15H15ClN2O2/c1-18(2)14-9-8-11(16)10-13(14)17-15(19)20-12-6-4-3-5-7-12/h3-10H,1-2H3,(H,17,19). The summed E-state index contributed by atoms with van der Waals surface area (Å²) in [5.74, 6) is 0.485. The van der Waals surface area contributed by atoms with Crippen molar-refractivity contribution in [1.82, 2.24) is 0 Å². The van der Waals surface area contributed by atoms with E-state index in [9.17, 15) is 4.79 Å². The largest absolute Gasteiger partial charge is 0.417 e. The Morgan fingerprint density at radius 3 is 2.50 bits per heavy atom. The predicted molar refractivity (Wildman–Crippen MR) is 81.9 cm³/mol. The Morgan fingerprint density at radius 1 is 1.15 bits per heavy atom. The van der Waals surface area contributed by atoms with Gasteiger partial charge in [0.05, 0.1) is 11.4 Å². The molecule has 0 aliphatic carbocycles. The van der Waals surface area contributed by atoms with Crippen LogP contribution in [0, 0.1) is 0 Å². The van der Waals surface area contributed by atoms with E-state index >= 15 is 0 Å². The minimum Gasteiger partial charge on any atom is -0.410 e. The van der Waals surface area contributed by atoms with Gasteiger partial charge in [-0.2, -0.15) is 0 Å². The van der Waals surface area contributed by atoms with Gasteiger partial charge in [0, 0.05) is 19.1 Å². The molecule has 0 aliphatic rings. The first-order chi connectivity index (χ1) is 9.56. The van der Waals surface area contributed by atoms with Gasteiger partial charge in [0.1, 0.15) is 5.75 Å². The molecule has 0 atom stereocenters. The highest BCUT2D eigenvalue weighted by Crippen LogP contribution is 2.28. The molecule has 0 heterocycles. The van der Waals surface area contributed by atoms with Gasteiger partial charge in [-0.25, -0.2) is 4.79 Å². The van der Waals surface area contributed by atoms with Gasteiger partial charge in [0.15, 0.2) is 0 Å². The molecule has 2 rings (SSSR count). The summed E-state index contributed by atoms with van der Waals surface area (Å²) in [6.45, 7) is 0. The molecule has 0 aromatic heterocycles. The molecule has 0 spiro atoms. The zero-order valence-corrected chi connectivity index (χ0v) is 12.0. The van der Waals surface area contributed by atoms with Gasteiger partial charge in [0.2, 0.25) is 0 Å². The third-order valence-electron chi connectivity index (χ3n) is 2.63. The Morgan fingerprint density at radius 2 is 1.85 bits per heavy atom. The topological polar surface area (TPSA) is 41.6 Å². The molecular weight excluding hydrogens is 276 g/mol. The molecule has 4 nitrogen and oxygen atoms in total. The van der Waals surface area contributed by atoms with Crippen molar-refractivity contribution in [2.24, 2.45) is 0 Å². The van der Waals surface area contributed by atoms with Crippen LogP contribution in [-0.4, -0.2) is 20.2 Å². The zero-order valence-electron chi connectivity index (χ0n) is 11.3. The molecule has 2 aromatic carbocycles. The number of benzene rings is 2. The van der Waals surface area contributed by atoms with Crippen LogP contribution in [0.25, 0.3) is 0 Å². The highest BCUT2D eigenvalue weighted by molar-refractivity contribution is 6.31. The Balaban J connectivity index is 2.13. The predicted octanol–water partition coefficient (Wildman–Crippen LogP) is 4.02. The van der Waals surface area contributed by atoms with Crippen LogP contribution in [0.4, 0.5) is 16.2 Å². The van der Waals surface area contributed by atoms with E-state index in [0.717, 1.165) is 5.69 Å². The molecule has 2 aromatic rings. The van der Waals surface area contributed by atoms with Gasteiger partial charge in [-0.3, -0.25) is 5.32 Å². The van der Waals surface area contributed by atoms with E-state index in [-0.39, 0.29) is 0 Å². The summed E-state index contributed by atoms with van der Waals surface area (Å²) in [6.07, 6.45) is -0.554. The van der Waals surface area contributed by atoms with E-state index < -0.39 is 6.09 Å². The summed E-state index contributed by atoms with van der Waals surface area (Å²) in [7, 11) is 3.77. The van der Waals surface area contributed by atoms with Gasteiger partial charge >= 0.3 is 6.09 Å². The molecule has 1 amide bonds. The minimum atomic E-state index is -0.554. The number of halogens is 1. The fourth-order valence-corrected chi connectivity index (χ4v) is 1.90. The molecule has 0 fully saturated rings. The van der Waals surface area contributed by atoms with Crippen molar-refractivity contribution >= 4 is 29.1 Å². The normalized spacial score (nSPS) is 9.95. The molecule has 0 radical (unpaired) electrons. The number of amides is 1. The Labute approximate surface area is 122 Å². The first kappa shape index (κ1) is 14.2. The number of hydrogen-bond donors (Lipinski definition) is 1. The second-order valence-electron chi connectivity index (χ2n) is 4.38. The van der Waals surface area contributed by atoms with Crippen LogP contribution in [0.15, 0.2) is 48.5 Å². The summed E-state index contributed by atoms with van der Waals surface area (Å²) in [5, 5.41) is 3.24. The van der Waals surface area contributed by atoms with Crippen molar-refractivity contribution in [3.8, 4) is 5.75 Å². The number of nitrogens with one attached hydrogen (secondary N) is 1. The SMILES string of the molecule is CN(C)c1ccc(Cl)cc1NC(=O)Oc1ccccc1. The lowest BCUT2D eigenvalue weighted by molar-refractivity contribution is 0.215. The van der Waals surface area contributed by atoms with E-state index in [1.54, 1.807) is 36.4 Å². The van der Waals surface area contributed by atoms with Crippen molar-refractivity contribution in [3.05, 3.63) is 53.6 Å². The molecular formula is C15H15ClN2O2. The summed E-state index contributed by atoms with van der Waals surface area (Å²) < 4.78 is 5.18. The third-order valence-corrected chi connectivity index (χ3v) is 2.87. The molecule has 0 aliphatic heterocycles. The fraction of sp³-hybridized carbons (Fsp3) is 0.133. The Kier molecular flexibility index (Phi) is 4.48. The number of nitrogens with zero attached hydrogens (tertiary/aromatic N) is 1. The number of anilines is 2. The molecule has 20 heavy (non-hydrogen) atoms. The van der Waals surface area contributed by atoms with Crippen molar-refractivity contribution in [3.63, 3.8) is 0 Å². The van der Waals surface area contributed by atoms with E-state index in [4.69, 9.17) is 16.3 Å². The molecule has 0 saturated carbocycles. The van der Waals surface area contributed by atoms with E-state index in [1.165, 1.54) is 0 Å². The zero-order chi connectivity index (χ0) is 14.5. The second-order valence-corrected chi connectivity index (χ2v) is 4.82. The molecule has 0 bridgehead atoms. The number of rotatable bonds is 3. The first-order valence-electron chi connectivity index (χ1n) is 6.07. The van der Waals surface area contributed by atoms with Crippen molar-refractivity contribution < 1.29 is 9.53 Å². The number of carbonyl (C=O) groups excluding carboxylic acids is 1. The average Bonchev–Trinajstić information content (AvgIpc) is 2.39. The number of carbonyl (C=O) groups is 1. The molecule has 5 heteroatoms. The summed E-state index contributed by atoms with van der Waals surface area (Å²) in [5.41, 5.74) is 1.45. The van der Waals surface area contributed by atoms with E-state index in [0.29, 0.717) is 16.5 Å². The maximum Gasteiger partial charge on any atom is 0.417 e. The van der Waals surface area contributed by atoms with Crippen LogP contribution in [0.1, 0.15) is 0 Å². The van der Waals surface area contributed by atoms with Crippen molar-refractivity contribution in [2.75, 3.05) is 24.3 Å². The van der Waals surface area contributed by atoms with E-state index in [1.807, 2.05) is 31.1 Å². The van der Waals surface area contributed by atoms with Crippen molar-refractivity contribution in [1.29, 1.82) is 0 Å². The fourth-order valence-electron chi connectivity index (χ4n) is 1.73. The smallest absolute Gasteiger partial charge is 0.410 e. The van der Waals surface area contributed by atoms with Gasteiger partial charge < -0.3 is 9.64 Å². The van der Waals surface area contributed by atoms with Gasteiger partial charge in [-0.05, 0) is 30.3 Å². The van der Waals surface area contributed by atoms with Crippen LogP contribution in [0.3, 0.4) is 0 Å². The highest BCUT2D eigenvalue weighted by Gasteiger charge is 2.10. The minimum absolute atomic E-state index is 0.485. The van der Waals surface area contributed by atoms with Crippen LogP contribution in [-0.2, 0) is 0 Å². The maximum atomic E-state index is 11.9. The molecule has 1 N–H and O–H groups in total. The molecule has 104 valence electrons. The quantitative estimate of drug-likeness (QED) is 0.928. The Hall–Kier alpha value is -2.20. The first-order valence-corrected chi connectivity index (χ1v) is 6.45. The monoisotopic (exact) mass is 290 g/mol. The van der Waals surface area contributed by atoms with Crippen LogP contribution < -0.4 is 15.0 Å². The number of ether oxygens (including phenoxy) is 1. The number of hydrogen-bond acceptors (Lipinski definition) is 3. The maximum absolute atomic E-state index is 11.9. The highest BCUT2D eigenvalue weighted by atomic mass is 35.5. The van der Waals surface area contributed by atoms with Gasteiger partial charge in [-0.15, -0.1) is 0 Å². The summed E-state index contributed by atoms with van der Waals surface area (Å²) in [6, 6.07) is 14.2. The van der Waals surface area contributed by atoms with Crippen LogP contribution in [0.5, 0.6) is 5.75 Å². The van der Waals surface area contributed by atoms with Gasteiger partial charge in [0.25, 0.3) is 0 Å². The lowest BCUT2D eigenvalue weighted by Gasteiger charge is -2.18. The summed E-state index contributed by atoms with van der Waals surface area (Å²) >= 11 is 5.95. The third kappa shape index (κ3) is 3.65. The second kappa shape index (κ2) is 6.30. The Bertz CT molecular complexity index is 600. The van der Waals surface area contributed by atoms with Gasteiger partial charge in [-0.1, -0.05) is 29.8 Å². The lowest BCUT2D eigenvalue weighted by Crippen LogP contribution is -2.19. The molecule has 0 unspecified atom stereocenters. The van der Waals surface area contributed by atoms with Crippen molar-refractivity contribution in [2.45, 2.75) is 0 Å². The van der Waals surface area contributed by atoms with E-state index in [2.05, 4.69) is 5.32 Å². The molecule has 0 saturated heterocycles. The van der Waals surface area contributed by atoms with Crippen LogP contribution >= 0.6 is 11.6 Å². The number of para-hydroxylation sites is 1. The summed E-state index contributed by atoms with van der Waals surface area (Å²) in [4.78, 5) is 13.8.